The van der Waals surface area contributed by atoms with Crippen LogP contribution in [-0.4, -0.2) is 33.2 Å². The molecule has 1 aliphatic carbocycles. The highest BCUT2D eigenvalue weighted by Gasteiger charge is 2.50. The van der Waals surface area contributed by atoms with Crippen molar-refractivity contribution < 1.29 is 9.90 Å². The Hall–Kier alpha value is -1.36. The maximum absolute atomic E-state index is 11.6. The van der Waals surface area contributed by atoms with E-state index in [4.69, 9.17) is 0 Å². The van der Waals surface area contributed by atoms with E-state index in [1.165, 1.54) is 0 Å². The molecular formula is C12H19N3O2. The van der Waals surface area contributed by atoms with Gasteiger partial charge < -0.3 is 15.0 Å². The summed E-state index contributed by atoms with van der Waals surface area (Å²) in [7, 11) is 1.73. The van der Waals surface area contributed by atoms with Crippen LogP contribution in [0.15, 0.2) is 6.33 Å². The molecule has 2 rings (SSSR count). The number of aliphatic carboxylic acids is 1. The molecule has 2 N–H and O–H groups in total. The number of likely N-dealkylation sites (N-methyl/N-ethyl adjacent to an activating group) is 1. The predicted molar refractivity (Wildman–Crippen MR) is 63.9 cm³/mol. The number of carbonyl (C=O) groups is 1. The Morgan fingerprint density at radius 2 is 2.29 bits per heavy atom. The van der Waals surface area contributed by atoms with Crippen LogP contribution in [0.4, 0.5) is 0 Å². The van der Waals surface area contributed by atoms with Crippen molar-refractivity contribution in [3.8, 4) is 0 Å². The van der Waals surface area contributed by atoms with Gasteiger partial charge >= 0.3 is 5.97 Å². The Balaban J connectivity index is 2.29. The topological polar surface area (TPSA) is 67.2 Å². The van der Waals surface area contributed by atoms with Gasteiger partial charge in [0, 0.05) is 5.69 Å². The lowest BCUT2D eigenvalue weighted by atomic mass is 9.93. The molecule has 0 bridgehead atoms. The van der Waals surface area contributed by atoms with E-state index >= 15 is 0 Å². The molecule has 94 valence electrons. The van der Waals surface area contributed by atoms with E-state index < -0.39 is 11.5 Å². The first-order chi connectivity index (χ1) is 8.01. The number of carboxylic acid groups (broad SMARTS) is 1. The molecule has 5 nitrogen and oxygen atoms in total. The Kier molecular flexibility index (Phi) is 2.95. The molecule has 1 atom stereocenters. The molecule has 0 radical (unpaired) electrons. The van der Waals surface area contributed by atoms with Crippen molar-refractivity contribution >= 4 is 5.97 Å². The fraction of sp³-hybridized carbons (Fsp3) is 0.667. The lowest BCUT2D eigenvalue weighted by Gasteiger charge is -2.30. The van der Waals surface area contributed by atoms with Gasteiger partial charge in [-0.25, -0.2) is 4.98 Å². The molecule has 1 heterocycles. The van der Waals surface area contributed by atoms with Crippen LogP contribution in [0.1, 0.15) is 24.2 Å². The highest BCUT2D eigenvalue weighted by atomic mass is 16.4. The number of carboxylic acids is 1. The van der Waals surface area contributed by atoms with Crippen molar-refractivity contribution in [3.63, 3.8) is 0 Å². The van der Waals surface area contributed by atoms with Crippen molar-refractivity contribution in [3.05, 3.63) is 17.7 Å². The number of aryl methyl sites for hydroxylation is 1. The van der Waals surface area contributed by atoms with Crippen LogP contribution >= 0.6 is 0 Å². The van der Waals surface area contributed by atoms with Gasteiger partial charge in [0.1, 0.15) is 5.54 Å². The molecule has 1 aliphatic rings. The minimum atomic E-state index is -0.849. The molecule has 1 unspecified atom stereocenters. The van der Waals surface area contributed by atoms with Crippen LogP contribution in [0.25, 0.3) is 0 Å². The molecule has 17 heavy (non-hydrogen) atoms. The Morgan fingerprint density at radius 3 is 2.65 bits per heavy atom. The van der Waals surface area contributed by atoms with Crippen LogP contribution in [-0.2, 0) is 11.3 Å². The fourth-order valence-corrected chi connectivity index (χ4v) is 2.31. The van der Waals surface area contributed by atoms with Crippen molar-refractivity contribution in [2.45, 2.75) is 38.8 Å². The van der Waals surface area contributed by atoms with Crippen molar-refractivity contribution in [1.29, 1.82) is 0 Å². The predicted octanol–water partition coefficient (Wildman–Crippen LogP) is 0.953. The number of aromatic nitrogens is 2. The molecule has 1 saturated carbocycles. The van der Waals surface area contributed by atoms with Gasteiger partial charge in [-0.15, -0.1) is 0 Å². The van der Waals surface area contributed by atoms with Gasteiger partial charge in [-0.05, 0) is 39.7 Å². The van der Waals surface area contributed by atoms with E-state index in [2.05, 4.69) is 10.3 Å². The average Bonchev–Trinajstić information content (AvgIpc) is 3.08. The zero-order valence-electron chi connectivity index (χ0n) is 10.5. The molecular weight excluding hydrogens is 218 g/mol. The van der Waals surface area contributed by atoms with Gasteiger partial charge in [-0.3, -0.25) is 4.79 Å². The van der Waals surface area contributed by atoms with E-state index in [9.17, 15) is 9.90 Å². The first-order valence-electron chi connectivity index (χ1n) is 5.92. The SMILES string of the molecule is CNC(Cn1cnc(C)c1C)(C(=O)O)C1CC1. The Bertz CT molecular complexity index is 437. The molecule has 1 aromatic heterocycles. The van der Waals surface area contributed by atoms with Crippen LogP contribution in [0, 0.1) is 19.8 Å². The third-order valence-corrected chi connectivity index (χ3v) is 3.87. The van der Waals surface area contributed by atoms with Crippen LogP contribution in [0.2, 0.25) is 0 Å². The minimum Gasteiger partial charge on any atom is -0.480 e. The van der Waals surface area contributed by atoms with Crippen LogP contribution in [0.5, 0.6) is 0 Å². The van der Waals surface area contributed by atoms with Gasteiger partial charge in [0.05, 0.1) is 18.6 Å². The summed E-state index contributed by atoms with van der Waals surface area (Å²) in [6.45, 7) is 4.35. The van der Waals surface area contributed by atoms with E-state index in [1.807, 2.05) is 18.4 Å². The molecule has 1 fully saturated rings. The summed E-state index contributed by atoms with van der Waals surface area (Å²) in [5, 5.41) is 12.5. The maximum Gasteiger partial charge on any atom is 0.326 e. The number of hydrogen-bond donors (Lipinski definition) is 2. The van der Waals surface area contributed by atoms with E-state index in [1.54, 1.807) is 13.4 Å². The summed E-state index contributed by atoms with van der Waals surface area (Å²) in [5.41, 5.74) is 1.14. The second kappa shape index (κ2) is 4.14. The van der Waals surface area contributed by atoms with Crippen molar-refractivity contribution in [1.82, 2.24) is 14.9 Å². The number of nitrogens with one attached hydrogen (secondary N) is 1. The summed E-state index contributed by atoms with van der Waals surface area (Å²) < 4.78 is 1.93. The first kappa shape index (κ1) is 12.1. The van der Waals surface area contributed by atoms with Gasteiger partial charge in [0.25, 0.3) is 0 Å². The fourth-order valence-electron chi connectivity index (χ4n) is 2.31. The largest absolute Gasteiger partial charge is 0.480 e. The molecule has 0 aromatic carbocycles. The highest BCUT2D eigenvalue weighted by molar-refractivity contribution is 5.79. The second-order valence-corrected chi connectivity index (χ2v) is 4.84. The van der Waals surface area contributed by atoms with Crippen LogP contribution < -0.4 is 5.32 Å². The van der Waals surface area contributed by atoms with Gasteiger partial charge in [-0.1, -0.05) is 0 Å². The van der Waals surface area contributed by atoms with Gasteiger partial charge in [-0.2, -0.15) is 0 Å². The average molecular weight is 237 g/mol. The summed E-state index contributed by atoms with van der Waals surface area (Å²) in [6, 6.07) is 0. The lowest BCUT2D eigenvalue weighted by molar-refractivity contribution is -0.146. The third kappa shape index (κ3) is 1.95. The summed E-state index contributed by atoms with van der Waals surface area (Å²) in [4.78, 5) is 15.8. The zero-order valence-corrected chi connectivity index (χ0v) is 10.5. The smallest absolute Gasteiger partial charge is 0.326 e. The Morgan fingerprint density at radius 1 is 1.65 bits per heavy atom. The number of rotatable bonds is 5. The Labute approximate surface area is 101 Å². The summed E-state index contributed by atoms with van der Waals surface area (Å²) in [5.74, 6) is -0.541. The number of imidazole rings is 1. The van der Waals surface area contributed by atoms with Crippen molar-refractivity contribution in [2.75, 3.05) is 7.05 Å². The maximum atomic E-state index is 11.6. The van der Waals surface area contributed by atoms with E-state index in [0.29, 0.717) is 6.54 Å². The van der Waals surface area contributed by atoms with E-state index in [-0.39, 0.29) is 5.92 Å². The zero-order chi connectivity index (χ0) is 12.6. The molecule has 0 saturated heterocycles. The number of nitrogens with zero attached hydrogens (tertiary/aromatic N) is 2. The minimum absolute atomic E-state index is 0.229. The highest BCUT2D eigenvalue weighted by Crippen LogP contribution is 2.41. The molecule has 0 aliphatic heterocycles. The monoisotopic (exact) mass is 237 g/mol. The van der Waals surface area contributed by atoms with Gasteiger partial charge in [0.15, 0.2) is 0 Å². The molecule has 5 heteroatoms. The standard InChI is InChI=1S/C12H19N3O2/c1-8-9(2)15(7-14-8)6-12(13-3,11(16)17)10-4-5-10/h7,10,13H,4-6H2,1-3H3,(H,16,17). The van der Waals surface area contributed by atoms with Gasteiger partial charge in [0.2, 0.25) is 0 Å². The number of hydrogen-bond acceptors (Lipinski definition) is 3. The molecule has 0 spiro atoms. The van der Waals surface area contributed by atoms with Crippen LogP contribution in [0.3, 0.4) is 0 Å². The first-order valence-corrected chi connectivity index (χ1v) is 5.92. The molecule has 1 aromatic rings. The van der Waals surface area contributed by atoms with Crippen molar-refractivity contribution in [2.24, 2.45) is 5.92 Å². The third-order valence-electron chi connectivity index (χ3n) is 3.87. The molecule has 0 amide bonds. The summed E-state index contributed by atoms with van der Waals surface area (Å²) >= 11 is 0. The lowest BCUT2D eigenvalue weighted by Crippen LogP contribution is -2.55. The second-order valence-electron chi connectivity index (χ2n) is 4.84. The van der Waals surface area contributed by atoms with E-state index in [0.717, 1.165) is 24.2 Å². The normalized spacial score (nSPS) is 19.0. The summed E-state index contributed by atoms with van der Waals surface area (Å²) in [6.07, 6.45) is 3.70. The quantitative estimate of drug-likeness (QED) is 0.800.